The molecule has 1 fully saturated rings. The van der Waals surface area contributed by atoms with Crippen molar-refractivity contribution in [3.8, 4) is 11.5 Å². The van der Waals surface area contributed by atoms with Crippen molar-refractivity contribution in [1.29, 1.82) is 0 Å². The lowest BCUT2D eigenvalue weighted by molar-refractivity contribution is -0.118. The number of nitrogens with zero attached hydrogens (tertiary/aromatic N) is 2. The summed E-state index contributed by atoms with van der Waals surface area (Å²) >= 11 is 1.43. The van der Waals surface area contributed by atoms with E-state index in [1.165, 1.54) is 11.3 Å². The molecular formula is C20H19N3O3S. The molecule has 1 N–H and O–H groups in total. The molecule has 1 aliphatic rings. The Bertz CT molecular complexity index is 892. The minimum atomic E-state index is -0.252. The van der Waals surface area contributed by atoms with Crippen LogP contribution in [0.1, 0.15) is 29.3 Å². The summed E-state index contributed by atoms with van der Waals surface area (Å²) in [6.07, 6.45) is 2.33. The number of aromatic nitrogens is 2. The zero-order valence-electron chi connectivity index (χ0n) is 14.6. The van der Waals surface area contributed by atoms with E-state index in [1.807, 2.05) is 42.5 Å². The predicted octanol–water partition coefficient (Wildman–Crippen LogP) is 4.01. The van der Waals surface area contributed by atoms with Gasteiger partial charge in [0.2, 0.25) is 5.13 Å². The van der Waals surface area contributed by atoms with Gasteiger partial charge in [-0.2, -0.15) is 0 Å². The Balaban J connectivity index is 1.22. The van der Waals surface area contributed by atoms with Crippen molar-refractivity contribution in [2.24, 2.45) is 0 Å². The highest BCUT2D eigenvalue weighted by atomic mass is 32.1. The van der Waals surface area contributed by atoms with Crippen molar-refractivity contribution in [1.82, 2.24) is 10.2 Å². The van der Waals surface area contributed by atoms with Crippen LogP contribution in [0.5, 0.6) is 11.5 Å². The molecule has 138 valence electrons. The van der Waals surface area contributed by atoms with Gasteiger partial charge in [-0.15, -0.1) is 10.2 Å². The second kappa shape index (κ2) is 8.18. The van der Waals surface area contributed by atoms with Gasteiger partial charge in [-0.1, -0.05) is 41.7 Å². The van der Waals surface area contributed by atoms with E-state index >= 15 is 0 Å². The molecule has 6 nitrogen and oxygen atoms in total. The fraction of sp³-hybridized carbons (Fsp3) is 0.250. The van der Waals surface area contributed by atoms with Crippen molar-refractivity contribution < 1.29 is 14.3 Å². The molecule has 1 aromatic heterocycles. The van der Waals surface area contributed by atoms with Crippen LogP contribution in [-0.2, 0) is 11.4 Å². The summed E-state index contributed by atoms with van der Waals surface area (Å²) in [5.74, 6) is 1.63. The van der Waals surface area contributed by atoms with Crippen LogP contribution >= 0.6 is 11.3 Å². The maximum Gasteiger partial charge on any atom is 0.264 e. The number of ether oxygens (including phenoxy) is 2. The summed E-state index contributed by atoms with van der Waals surface area (Å²) in [4.78, 5) is 12.0. The lowest BCUT2D eigenvalue weighted by atomic mass is 10.2. The Morgan fingerprint density at radius 2 is 1.70 bits per heavy atom. The van der Waals surface area contributed by atoms with Gasteiger partial charge in [0.1, 0.15) is 23.1 Å². The molecule has 7 heteroatoms. The number of rotatable bonds is 8. The van der Waals surface area contributed by atoms with Gasteiger partial charge in [-0.25, -0.2) is 0 Å². The molecule has 3 aromatic rings. The summed E-state index contributed by atoms with van der Waals surface area (Å²) in [7, 11) is 0. The summed E-state index contributed by atoms with van der Waals surface area (Å²) in [6, 6.07) is 17.2. The lowest BCUT2D eigenvalue weighted by Gasteiger charge is -2.08. The van der Waals surface area contributed by atoms with Crippen LogP contribution < -0.4 is 14.8 Å². The van der Waals surface area contributed by atoms with E-state index in [-0.39, 0.29) is 12.5 Å². The van der Waals surface area contributed by atoms with Crippen molar-refractivity contribution in [2.75, 3.05) is 11.9 Å². The molecule has 0 saturated heterocycles. The van der Waals surface area contributed by atoms with E-state index in [1.54, 1.807) is 12.1 Å². The Morgan fingerprint density at radius 1 is 1.00 bits per heavy atom. The minimum Gasteiger partial charge on any atom is -0.489 e. The van der Waals surface area contributed by atoms with E-state index in [0.29, 0.717) is 23.4 Å². The van der Waals surface area contributed by atoms with E-state index < -0.39 is 0 Å². The first-order valence-corrected chi connectivity index (χ1v) is 9.61. The molecular weight excluding hydrogens is 362 g/mol. The van der Waals surface area contributed by atoms with Gasteiger partial charge >= 0.3 is 0 Å². The first-order chi connectivity index (χ1) is 13.3. The molecule has 4 rings (SSSR count). The smallest absolute Gasteiger partial charge is 0.264 e. The van der Waals surface area contributed by atoms with Crippen molar-refractivity contribution >= 4 is 22.4 Å². The summed E-state index contributed by atoms with van der Waals surface area (Å²) in [5.41, 5.74) is 1.11. The molecule has 0 spiro atoms. The summed E-state index contributed by atoms with van der Waals surface area (Å²) in [5, 5.41) is 12.3. The number of nitrogens with one attached hydrogen (secondary N) is 1. The average Bonchev–Trinajstić information content (AvgIpc) is 3.46. The first kappa shape index (κ1) is 17.5. The second-order valence-corrected chi connectivity index (χ2v) is 7.31. The highest BCUT2D eigenvalue weighted by molar-refractivity contribution is 7.15. The number of amides is 1. The maximum absolute atomic E-state index is 12.0. The van der Waals surface area contributed by atoms with Crippen molar-refractivity contribution in [3.63, 3.8) is 0 Å². The van der Waals surface area contributed by atoms with Crippen LogP contribution in [0.2, 0.25) is 0 Å². The normalized spacial score (nSPS) is 13.2. The third kappa shape index (κ3) is 5.04. The van der Waals surface area contributed by atoms with Crippen LogP contribution in [0, 0.1) is 0 Å². The van der Waals surface area contributed by atoms with Crippen LogP contribution in [0.4, 0.5) is 5.13 Å². The largest absolute Gasteiger partial charge is 0.489 e. The van der Waals surface area contributed by atoms with E-state index in [2.05, 4.69) is 15.5 Å². The number of benzene rings is 2. The average molecular weight is 381 g/mol. The van der Waals surface area contributed by atoms with Gasteiger partial charge in [0.05, 0.1) is 0 Å². The molecule has 2 aromatic carbocycles. The second-order valence-electron chi connectivity index (χ2n) is 6.30. The van der Waals surface area contributed by atoms with Gasteiger partial charge in [-0.05, 0) is 42.7 Å². The molecule has 0 atom stereocenters. The summed E-state index contributed by atoms with van der Waals surface area (Å²) in [6.45, 7) is 0.427. The lowest BCUT2D eigenvalue weighted by Crippen LogP contribution is -2.20. The highest BCUT2D eigenvalue weighted by Gasteiger charge is 2.27. The third-order valence-electron chi connectivity index (χ3n) is 4.06. The van der Waals surface area contributed by atoms with E-state index in [9.17, 15) is 4.79 Å². The van der Waals surface area contributed by atoms with Gasteiger partial charge in [0.25, 0.3) is 5.91 Å². The Labute approximate surface area is 161 Å². The van der Waals surface area contributed by atoms with Gasteiger partial charge in [-0.3, -0.25) is 10.1 Å². The maximum atomic E-state index is 12.0. The monoisotopic (exact) mass is 381 g/mol. The first-order valence-electron chi connectivity index (χ1n) is 8.79. The summed E-state index contributed by atoms with van der Waals surface area (Å²) < 4.78 is 11.2. The van der Waals surface area contributed by atoms with Gasteiger partial charge < -0.3 is 9.47 Å². The molecule has 0 radical (unpaired) electrons. The zero-order chi connectivity index (χ0) is 18.5. The Hall–Kier alpha value is -2.93. The molecule has 1 aliphatic carbocycles. The highest BCUT2D eigenvalue weighted by Crippen LogP contribution is 2.42. The molecule has 27 heavy (non-hydrogen) atoms. The number of hydrogen-bond donors (Lipinski definition) is 1. The Kier molecular flexibility index (Phi) is 5.29. The van der Waals surface area contributed by atoms with Crippen molar-refractivity contribution in [2.45, 2.75) is 25.4 Å². The van der Waals surface area contributed by atoms with Gasteiger partial charge in [0.15, 0.2) is 6.61 Å². The van der Waals surface area contributed by atoms with Crippen LogP contribution in [0.15, 0.2) is 54.6 Å². The molecule has 0 unspecified atom stereocenters. The van der Waals surface area contributed by atoms with Crippen LogP contribution in [-0.4, -0.2) is 22.7 Å². The van der Waals surface area contributed by atoms with Gasteiger partial charge in [0, 0.05) is 5.92 Å². The van der Waals surface area contributed by atoms with Crippen LogP contribution in [0.25, 0.3) is 0 Å². The third-order valence-corrected chi connectivity index (χ3v) is 5.06. The SMILES string of the molecule is O=C(COc1ccc(OCc2ccccc2)cc1)Nc1nnc(C2CC2)s1. The number of carbonyl (C=O) groups excluding carboxylic acids is 1. The molecule has 1 amide bonds. The quantitative estimate of drug-likeness (QED) is 0.638. The minimum absolute atomic E-state index is 0.0808. The van der Waals surface area contributed by atoms with E-state index in [0.717, 1.165) is 29.2 Å². The topological polar surface area (TPSA) is 73.3 Å². The molecule has 0 bridgehead atoms. The van der Waals surface area contributed by atoms with E-state index in [4.69, 9.17) is 9.47 Å². The predicted molar refractivity (Wildman–Crippen MR) is 103 cm³/mol. The Morgan fingerprint density at radius 3 is 2.41 bits per heavy atom. The fourth-order valence-corrected chi connectivity index (χ4v) is 3.39. The fourth-order valence-electron chi connectivity index (χ4n) is 2.46. The van der Waals surface area contributed by atoms with Crippen molar-refractivity contribution in [3.05, 3.63) is 65.2 Å². The van der Waals surface area contributed by atoms with Crippen LogP contribution in [0.3, 0.4) is 0 Å². The number of hydrogen-bond acceptors (Lipinski definition) is 6. The number of carbonyl (C=O) groups is 1. The molecule has 1 heterocycles. The zero-order valence-corrected chi connectivity index (χ0v) is 15.4. The standard InChI is InChI=1S/C20H19N3O3S/c24-18(21-20-23-22-19(27-20)15-6-7-15)13-26-17-10-8-16(9-11-17)25-12-14-4-2-1-3-5-14/h1-5,8-11,15H,6-7,12-13H2,(H,21,23,24). The number of anilines is 1. The molecule has 0 aliphatic heterocycles. The molecule has 1 saturated carbocycles.